The summed E-state index contributed by atoms with van der Waals surface area (Å²) in [4.78, 5) is 14.7. The van der Waals surface area contributed by atoms with Gasteiger partial charge in [0.05, 0.1) is 5.52 Å². The molecule has 0 amide bonds. The number of imidazole rings is 1. The molecule has 72 valence electrons. The van der Waals surface area contributed by atoms with E-state index in [0.29, 0.717) is 5.52 Å². The Morgan fingerprint density at radius 2 is 2.43 bits per heavy atom. The van der Waals surface area contributed by atoms with Crippen molar-refractivity contribution in [2.75, 3.05) is 0 Å². The fourth-order valence-corrected chi connectivity index (χ4v) is 1.56. The highest BCUT2D eigenvalue weighted by atomic mass is 16.4. The van der Waals surface area contributed by atoms with E-state index in [2.05, 4.69) is 4.98 Å². The van der Waals surface area contributed by atoms with Crippen LogP contribution in [0.4, 0.5) is 0 Å². The molecule has 2 aromatic heterocycles. The molecule has 0 saturated heterocycles. The molecule has 4 nitrogen and oxygen atoms in total. The van der Waals surface area contributed by atoms with E-state index in [1.54, 1.807) is 10.6 Å². The normalized spacial score (nSPS) is 10.6. The highest BCUT2D eigenvalue weighted by molar-refractivity contribution is 5.94. The van der Waals surface area contributed by atoms with Crippen LogP contribution in [0.2, 0.25) is 0 Å². The molecule has 14 heavy (non-hydrogen) atoms. The van der Waals surface area contributed by atoms with Crippen LogP contribution in [0.15, 0.2) is 24.7 Å². The smallest absolute Gasteiger partial charge is 0.356 e. The van der Waals surface area contributed by atoms with Gasteiger partial charge in [0.15, 0.2) is 5.69 Å². The molecule has 0 aliphatic rings. The number of pyridine rings is 1. The maximum Gasteiger partial charge on any atom is 0.356 e. The van der Waals surface area contributed by atoms with E-state index in [1.165, 1.54) is 6.33 Å². The zero-order chi connectivity index (χ0) is 10.1. The minimum absolute atomic E-state index is 0.127. The Labute approximate surface area is 80.8 Å². The van der Waals surface area contributed by atoms with Crippen LogP contribution in [0, 0.1) is 0 Å². The van der Waals surface area contributed by atoms with Crippen LogP contribution in [-0.4, -0.2) is 20.5 Å². The lowest BCUT2D eigenvalue weighted by Gasteiger charge is -2.00. The maximum absolute atomic E-state index is 10.9. The second-order valence-electron chi connectivity index (χ2n) is 3.04. The Balaban J connectivity index is 2.81. The minimum atomic E-state index is -0.978. The molecule has 0 spiro atoms. The van der Waals surface area contributed by atoms with E-state index >= 15 is 0 Å². The average molecular weight is 190 g/mol. The van der Waals surface area contributed by atoms with Gasteiger partial charge in [0.25, 0.3) is 0 Å². The molecule has 0 aromatic carbocycles. The topological polar surface area (TPSA) is 54.6 Å². The molecule has 0 bridgehead atoms. The van der Waals surface area contributed by atoms with Crippen molar-refractivity contribution in [1.29, 1.82) is 0 Å². The van der Waals surface area contributed by atoms with Crippen LogP contribution in [0.1, 0.15) is 23.0 Å². The first kappa shape index (κ1) is 8.74. The van der Waals surface area contributed by atoms with Crippen LogP contribution in [0.3, 0.4) is 0 Å². The predicted octanol–water partition coefficient (Wildman–Crippen LogP) is 1.59. The van der Waals surface area contributed by atoms with Crippen molar-refractivity contribution in [3.63, 3.8) is 0 Å². The van der Waals surface area contributed by atoms with E-state index in [9.17, 15) is 4.79 Å². The van der Waals surface area contributed by atoms with Crippen LogP contribution >= 0.6 is 0 Å². The molecule has 1 N–H and O–H groups in total. The number of hydrogen-bond donors (Lipinski definition) is 1. The van der Waals surface area contributed by atoms with Crippen LogP contribution < -0.4 is 0 Å². The van der Waals surface area contributed by atoms with Gasteiger partial charge < -0.3 is 9.51 Å². The average Bonchev–Trinajstić information content (AvgIpc) is 2.60. The van der Waals surface area contributed by atoms with Gasteiger partial charge in [0.1, 0.15) is 6.33 Å². The van der Waals surface area contributed by atoms with Gasteiger partial charge in [-0.3, -0.25) is 0 Å². The van der Waals surface area contributed by atoms with Crippen molar-refractivity contribution in [2.45, 2.75) is 13.3 Å². The number of rotatable bonds is 2. The van der Waals surface area contributed by atoms with Crippen molar-refractivity contribution in [2.24, 2.45) is 0 Å². The highest BCUT2D eigenvalue weighted by Gasteiger charge is 2.13. The van der Waals surface area contributed by atoms with Crippen molar-refractivity contribution in [1.82, 2.24) is 9.38 Å². The molecule has 0 aliphatic carbocycles. The summed E-state index contributed by atoms with van der Waals surface area (Å²) in [6, 6.07) is 3.81. The molecule has 0 radical (unpaired) electrons. The number of carboxylic acid groups (broad SMARTS) is 1. The molecular formula is C10H10N2O2. The fourth-order valence-electron chi connectivity index (χ4n) is 1.56. The standard InChI is InChI=1S/C10H10N2O2/c1-2-7-4-3-5-12-6-11-8(9(7)12)10(13)14/h3-6H,2H2,1H3,(H,13,14). The van der Waals surface area contributed by atoms with E-state index < -0.39 is 5.97 Å². The van der Waals surface area contributed by atoms with Crippen LogP contribution in [0.5, 0.6) is 0 Å². The molecule has 2 heterocycles. The zero-order valence-electron chi connectivity index (χ0n) is 7.77. The predicted molar refractivity (Wildman–Crippen MR) is 51.5 cm³/mol. The minimum Gasteiger partial charge on any atom is -0.476 e. The molecule has 0 fully saturated rings. The third-order valence-corrected chi connectivity index (χ3v) is 2.23. The SMILES string of the molecule is CCc1cccn2cnc(C(=O)O)c12. The number of hydrogen-bond acceptors (Lipinski definition) is 2. The molecule has 4 heteroatoms. The Morgan fingerprint density at radius 1 is 1.64 bits per heavy atom. The molecular weight excluding hydrogens is 180 g/mol. The number of fused-ring (bicyclic) bond motifs is 1. The van der Waals surface area contributed by atoms with Gasteiger partial charge in [-0.2, -0.15) is 0 Å². The first-order chi connectivity index (χ1) is 6.74. The summed E-state index contributed by atoms with van der Waals surface area (Å²) < 4.78 is 1.74. The van der Waals surface area contributed by atoms with Crippen molar-refractivity contribution in [3.05, 3.63) is 35.9 Å². The second kappa shape index (κ2) is 3.14. The third kappa shape index (κ3) is 1.16. The summed E-state index contributed by atoms with van der Waals surface area (Å²) in [5, 5.41) is 8.92. The molecule has 0 unspecified atom stereocenters. The third-order valence-electron chi connectivity index (χ3n) is 2.23. The van der Waals surface area contributed by atoms with Gasteiger partial charge in [-0.15, -0.1) is 0 Å². The second-order valence-corrected chi connectivity index (χ2v) is 3.04. The summed E-state index contributed by atoms with van der Waals surface area (Å²) in [7, 11) is 0. The van der Waals surface area contributed by atoms with Gasteiger partial charge in [-0.05, 0) is 18.1 Å². The quantitative estimate of drug-likeness (QED) is 0.782. The lowest BCUT2D eigenvalue weighted by atomic mass is 10.1. The highest BCUT2D eigenvalue weighted by Crippen LogP contribution is 2.15. The Hall–Kier alpha value is -1.84. The van der Waals surface area contributed by atoms with E-state index in [4.69, 9.17) is 5.11 Å². The first-order valence-corrected chi connectivity index (χ1v) is 4.42. The molecule has 2 aromatic rings. The van der Waals surface area contributed by atoms with Crippen LogP contribution in [0.25, 0.3) is 5.52 Å². The number of carboxylic acids is 1. The van der Waals surface area contributed by atoms with Crippen molar-refractivity contribution in [3.8, 4) is 0 Å². The Bertz CT molecular complexity index is 488. The van der Waals surface area contributed by atoms with Crippen molar-refractivity contribution >= 4 is 11.5 Å². The van der Waals surface area contributed by atoms with Gasteiger partial charge in [-0.25, -0.2) is 9.78 Å². The summed E-state index contributed by atoms with van der Waals surface area (Å²) >= 11 is 0. The fraction of sp³-hybridized carbons (Fsp3) is 0.200. The summed E-state index contributed by atoms with van der Waals surface area (Å²) in [5.74, 6) is -0.978. The number of aryl methyl sites for hydroxylation is 1. The summed E-state index contributed by atoms with van der Waals surface area (Å²) in [6.07, 6.45) is 4.13. The monoisotopic (exact) mass is 190 g/mol. The molecule has 0 saturated carbocycles. The molecule has 0 aliphatic heterocycles. The largest absolute Gasteiger partial charge is 0.476 e. The lowest BCUT2D eigenvalue weighted by molar-refractivity contribution is 0.0693. The van der Waals surface area contributed by atoms with Gasteiger partial charge >= 0.3 is 5.97 Å². The van der Waals surface area contributed by atoms with E-state index in [0.717, 1.165) is 12.0 Å². The van der Waals surface area contributed by atoms with Gasteiger partial charge in [0.2, 0.25) is 0 Å². The van der Waals surface area contributed by atoms with E-state index in [1.807, 2.05) is 19.1 Å². The van der Waals surface area contributed by atoms with Crippen molar-refractivity contribution < 1.29 is 9.90 Å². The summed E-state index contributed by atoms with van der Waals surface area (Å²) in [5.41, 5.74) is 1.83. The van der Waals surface area contributed by atoms with E-state index in [-0.39, 0.29) is 5.69 Å². The number of aromatic nitrogens is 2. The Kier molecular flexibility index (Phi) is 1.96. The first-order valence-electron chi connectivity index (χ1n) is 4.42. The van der Waals surface area contributed by atoms with Crippen LogP contribution in [-0.2, 0) is 6.42 Å². The Morgan fingerprint density at radius 3 is 3.07 bits per heavy atom. The molecule has 0 atom stereocenters. The lowest BCUT2D eigenvalue weighted by Crippen LogP contribution is -1.99. The summed E-state index contributed by atoms with van der Waals surface area (Å²) in [6.45, 7) is 1.99. The number of carbonyl (C=O) groups is 1. The number of aromatic carboxylic acids is 1. The number of nitrogens with zero attached hydrogens (tertiary/aromatic N) is 2. The molecule has 2 rings (SSSR count). The van der Waals surface area contributed by atoms with Gasteiger partial charge in [-0.1, -0.05) is 13.0 Å². The zero-order valence-corrected chi connectivity index (χ0v) is 7.77. The van der Waals surface area contributed by atoms with Gasteiger partial charge in [0, 0.05) is 6.20 Å². The maximum atomic E-state index is 10.9.